The molecule has 0 fully saturated rings. The highest BCUT2D eigenvalue weighted by atomic mass is 127. The van der Waals surface area contributed by atoms with E-state index in [4.69, 9.17) is 9.26 Å². The number of guanidine groups is 1. The normalized spacial score (nSPS) is 11.1. The monoisotopic (exact) mass is 473 g/mol. The lowest BCUT2D eigenvalue weighted by molar-refractivity contribution is 0.208. The van der Waals surface area contributed by atoms with Crippen LogP contribution in [0.5, 0.6) is 0 Å². The zero-order valence-electron chi connectivity index (χ0n) is 15.6. The third-order valence-corrected chi connectivity index (χ3v) is 3.60. The van der Waals surface area contributed by atoms with Gasteiger partial charge in [-0.2, -0.15) is 4.98 Å². The van der Waals surface area contributed by atoms with Gasteiger partial charge in [-0.25, -0.2) is 0 Å². The third kappa shape index (κ3) is 7.28. The van der Waals surface area contributed by atoms with E-state index in [0.29, 0.717) is 19.0 Å². The molecular weight excluding hydrogens is 445 g/mol. The molecule has 0 spiro atoms. The second kappa shape index (κ2) is 12.6. The highest BCUT2D eigenvalue weighted by Gasteiger charge is 2.07. The van der Waals surface area contributed by atoms with Gasteiger partial charge in [0.2, 0.25) is 0 Å². The lowest BCUT2D eigenvalue weighted by Gasteiger charge is -2.11. The van der Waals surface area contributed by atoms with Crippen LogP contribution in [0.25, 0.3) is 11.5 Å². The molecule has 0 aliphatic rings. The quantitative estimate of drug-likeness (QED) is 0.252. The van der Waals surface area contributed by atoms with Crippen molar-refractivity contribution >= 4 is 29.9 Å². The second-order valence-electron chi connectivity index (χ2n) is 5.50. The average molecular weight is 473 g/mol. The summed E-state index contributed by atoms with van der Waals surface area (Å²) in [5.74, 6) is 2.11. The van der Waals surface area contributed by atoms with Crippen molar-refractivity contribution < 1.29 is 9.26 Å². The van der Waals surface area contributed by atoms with Crippen LogP contribution in [0.4, 0.5) is 0 Å². The highest BCUT2D eigenvalue weighted by Crippen LogP contribution is 2.18. The first-order valence-corrected chi connectivity index (χ1v) is 8.69. The average Bonchev–Trinajstić information content (AvgIpc) is 3.12. The molecular formula is C18H28IN5O2. The van der Waals surface area contributed by atoms with Crippen molar-refractivity contribution in [3.63, 3.8) is 0 Å². The van der Waals surface area contributed by atoms with Gasteiger partial charge in [-0.05, 0) is 31.0 Å². The first kappa shape index (κ1) is 22.4. The van der Waals surface area contributed by atoms with Gasteiger partial charge in [-0.3, -0.25) is 4.99 Å². The summed E-state index contributed by atoms with van der Waals surface area (Å²) in [6.45, 7) is 6.95. The Morgan fingerprint density at radius 1 is 1.19 bits per heavy atom. The first-order chi connectivity index (χ1) is 12.3. The Morgan fingerprint density at radius 3 is 2.58 bits per heavy atom. The van der Waals surface area contributed by atoms with Crippen LogP contribution in [0.15, 0.2) is 33.8 Å². The van der Waals surface area contributed by atoms with E-state index in [9.17, 15) is 0 Å². The van der Waals surface area contributed by atoms with E-state index >= 15 is 0 Å². The summed E-state index contributed by atoms with van der Waals surface area (Å²) < 4.78 is 10.3. The number of nitrogens with zero attached hydrogens (tertiary/aromatic N) is 3. The predicted octanol–water partition coefficient (Wildman–Crippen LogP) is 2.66. The van der Waals surface area contributed by atoms with E-state index in [2.05, 4.69) is 37.9 Å². The van der Waals surface area contributed by atoms with Crippen molar-refractivity contribution in [1.82, 2.24) is 20.8 Å². The van der Waals surface area contributed by atoms with Gasteiger partial charge in [-0.15, -0.1) is 24.0 Å². The number of hydrogen-bond donors (Lipinski definition) is 2. The zero-order chi connectivity index (χ0) is 17.9. The van der Waals surface area contributed by atoms with Gasteiger partial charge in [0, 0.05) is 32.2 Å². The molecule has 0 bridgehead atoms. The van der Waals surface area contributed by atoms with E-state index in [1.807, 2.05) is 26.0 Å². The summed E-state index contributed by atoms with van der Waals surface area (Å²) in [6.07, 6.45) is 1.67. The maximum atomic E-state index is 5.26. The molecule has 0 aliphatic carbocycles. The van der Waals surface area contributed by atoms with Crippen molar-refractivity contribution in [2.24, 2.45) is 4.99 Å². The largest absolute Gasteiger partial charge is 0.383 e. The van der Waals surface area contributed by atoms with Crippen molar-refractivity contribution in [2.75, 3.05) is 33.4 Å². The Kier molecular flexibility index (Phi) is 10.9. The standard InChI is InChI=1S/C18H27N5O2.HI/c1-4-16-22-17(25-23-16)15-8-6-14(7-9-15)10-11-20-18(19-5-2)21-12-13-24-3;/h6-9H,4-5,10-13H2,1-3H3,(H2,19,20,21);1H. The van der Waals surface area contributed by atoms with Gasteiger partial charge in [0.1, 0.15) is 0 Å². The fraction of sp³-hybridized carbons (Fsp3) is 0.500. The Hall–Kier alpha value is -1.68. The maximum absolute atomic E-state index is 5.26. The lowest BCUT2D eigenvalue weighted by atomic mass is 10.1. The molecule has 2 N–H and O–H groups in total. The molecule has 0 atom stereocenters. The molecule has 2 rings (SSSR count). The number of aliphatic imine (C=N–C) groups is 1. The SMILES string of the molecule is CCNC(=NCCOC)NCCc1ccc(-c2nc(CC)no2)cc1.I. The van der Waals surface area contributed by atoms with E-state index in [0.717, 1.165) is 43.3 Å². The van der Waals surface area contributed by atoms with Gasteiger partial charge >= 0.3 is 0 Å². The molecule has 0 amide bonds. The van der Waals surface area contributed by atoms with Crippen molar-refractivity contribution in [3.05, 3.63) is 35.7 Å². The molecule has 7 nitrogen and oxygen atoms in total. The van der Waals surface area contributed by atoms with Crippen LogP contribution in [0.2, 0.25) is 0 Å². The van der Waals surface area contributed by atoms with E-state index in [1.54, 1.807) is 7.11 Å². The topological polar surface area (TPSA) is 84.6 Å². The molecule has 0 aliphatic heterocycles. The molecule has 1 aromatic heterocycles. The molecule has 2 aromatic rings. The molecule has 8 heteroatoms. The summed E-state index contributed by atoms with van der Waals surface area (Å²) in [5, 5.41) is 10.5. The summed E-state index contributed by atoms with van der Waals surface area (Å²) in [6, 6.07) is 8.20. The molecule has 0 unspecified atom stereocenters. The van der Waals surface area contributed by atoms with E-state index in [1.165, 1.54) is 5.56 Å². The van der Waals surface area contributed by atoms with Gasteiger partial charge in [0.15, 0.2) is 11.8 Å². The van der Waals surface area contributed by atoms with Crippen molar-refractivity contribution in [3.8, 4) is 11.5 Å². The number of aromatic nitrogens is 2. The molecule has 0 saturated carbocycles. The summed E-state index contributed by atoms with van der Waals surface area (Å²) in [4.78, 5) is 8.79. The summed E-state index contributed by atoms with van der Waals surface area (Å²) in [7, 11) is 1.68. The first-order valence-electron chi connectivity index (χ1n) is 8.69. The van der Waals surface area contributed by atoms with Crippen LogP contribution in [0, 0.1) is 0 Å². The van der Waals surface area contributed by atoms with Crippen molar-refractivity contribution in [2.45, 2.75) is 26.7 Å². The van der Waals surface area contributed by atoms with Crippen LogP contribution < -0.4 is 10.6 Å². The molecule has 26 heavy (non-hydrogen) atoms. The van der Waals surface area contributed by atoms with E-state index < -0.39 is 0 Å². The fourth-order valence-corrected chi connectivity index (χ4v) is 2.24. The molecule has 1 aromatic carbocycles. The third-order valence-electron chi connectivity index (χ3n) is 3.60. The lowest BCUT2D eigenvalue weighted by Crippen LogP contribution is -2.38. The van der Waals surface area contributed by atoms with Gasteiger partial charge in [0.05, 0.1) is 13.2 Å². The van der Waals surface area contributed by atoms with Crippen LogP contribution in [0.3, 0.4) is 0 Å². The van der Waals surface area contributed by atoms with Gasteiger partial charge < -0.3 is 19.9 Å². The number of hydrogen-bond acceptors (Lipinski definition) is 5. The molecule has 0 saturated heterocycles. The molecule has 1 heterocycles. The summed E-state index contributed by atoms with van der Waals surface area (Å²) in [5.41, 5.74) is 2.18. The van der Waals surface area contributed by atoms with Gasteiger partial charge in [-0.1, -0.05) is 24.2 Å². The van der Waals surface area contributed by atoms with Crippen LogP contribution >= 0.6 is 24.0 Å². The minimum atomic E-state index is 0. The number of benzene rings is 1. The van der Waals surface area contributed by atoms with Crippen LogP contribution in [0.1, 0.15) is 25.2 Å². The zero-order valence-corrected chi connectivity index (χ0v) is 17.9. The molecule has 144 valence electrons. The Bertz CT molecular complexity index is 658. The Labute approximate surface area is 172 Å². The number of nitrogens with one attached hydrogen (secondary N) is 2. The Morgan fingerprint density at radius 2 is 1.96 bits per heavy atom. The second-order valence-corrected chi connectivity index (χ2v) is 5.50. The maximum Gasteiger partial charge on any atom is 0.257 e. The minimum Gasteiger partial charge on any atom is -0.383 e. The van der Waals surface area contributed by atoms with Gasteiger partial charge in [0.25, 0.3) is 5.89 Å². The van der Waals surface area contributed by atoms with Crippen LogP contribution in [-0.2, 0) is 17.6 Å². The van der Waals surface area contributed by atoms with Crippen molar-refractivity contribution in [1.29, 1.82) is 0 Å². The Balaban J connectivity index is 0.00000338. The fourth-order valence-electron chi connectivity index (χ4n) is 2.24. The highest BCUT2D eigenvalue weighted by molar-refractivity contribution is 14.0. The molecule has 0 radical (unpaired) electrons. The minimum absolute atomic E-state index is 0. The number of halogens is 1. The number of rotatable bonds is 9. The number of aryl methyl sites for hydroxylation is 1. The van der Waals surface area contributed by atoms with Crippen LogP contribution in [-0.4, -0.2) is 49.5 Å². The number of methoxy groups -OCH3 is 1. The summed E-state index contributed by atoms with van der Waals surface area (Å²) >= 11 is 0. The predicted molar refractivity (Wildman–Crippen MR) is 114 cm³/mol. The number of ether oxygens (including phenoxy) is 1. The smallest absolute Gasteiger partial charge is 0.257 e. The van der Waals surface area contributed by atoms with E-state index in [-0.39, 0.29) is 24.0 Å².